The molecular formula is C64H114O6. The maximum atomic E-state index is 12.8. The molecule has 1 atom stereocenters. The first kappa shape index (κ1) is 67.1. The lowest BCUT2D eigenvalue weighted by atomic mass is 10.0. The number of allylic oxidation sites excluding steroid dienone is 10. The summed E-state index contributed by atoms with van der Waals surface area (Å²) in [4.78, 5) is 38.0. The van der Waals surface area contributed by atoms with Crippen molar-refractivity contribution in [3.63, 3.8) is 0 Å². The van der Waals surface area contributed by atoms with Gasteiger partial charge in [0.1, 0.15) is 13.2 Å². The van der Waals surface area contributed by atoms with Crippen LogP contribution < -0.4 is 0 Å². The van der Waals surface area contributed by atoms with Gasteiger partial charge in [-0.1, -0.05) is 287 Å². The van der Waals surface area contributed by atoms with Gasteiger partial charge in [-0.2, -0.15) is 0 Å². The van der Waals surface area contributed by atoms with E-state index in [1.54, 1.807) is 0 Å². The SMILES string of the molecule is CC/C=C\C/C=C\C/C=C\C/C=C\C/C=C\CCCCCCCCCCCCCCCCCC(=O)OCC(COC(=O)CCCCCCCCCCCC)OC(=O)CCCCCCCCCCCCC. The van der Waals surface area contributed by atoms with E-state index in [-0.39, 0.29) is 31.1 Å². The van der Waals surface area contributed by atoms with Gasteiger partial charge in [-0.15, -0.1) is 0 Å². The molecule has 0 bridgehead atoms. The second kappa shape index (κ2) is 58.7. The third kappa shape index (κ3) is 56.0. The van der Waals surface area contributed by atoms with E-state index in [2.05, 4.69) is 81.5 Å². The van der Waals surface area contributed by atoms with Gasteiger partial charge in [0.15, 0.2) is 6.10 Å². The molecule has 406 valence electrons. The highest BCUT2D eigenvalue weighted by Gasteiger charge is 2.19. The second-order valence-electron chi connectivity index (χ2n) is 20.2. The molecular weight excluding hydrogens is 865 g/mol. The predicted octanol–water partition coefficient (Wildman–Crippen LogP) is 20.4. The summed E-state index contributed by atoms with van der Waals surface area (Å²) in [5, 5.41) is 0. The summed E-state index contributed by atoms with van der Waals surface area (Å²) in [6.07, 6.45) is 73.8. The number of carbonyl (C=O) groups excluding carboxylic acids is 3. The van der Waals surface area contributed by atoms with Gasteiger partial charge in [0.25, 0.3) is 0 Å². The minimum atomic E-state index is -0.767. The molecule has 0 radical (unpaired) electrons. The van der Waals surface area contributed by atoms with E-state index in [4.69, 9.17) is 14.2 Å². The zero-order valence-electron chi connectivity index (χ0n) is 46.5. The summed E-state index contributed by atoms with van der Waals surface area (Å²) in [6, 6.07) is 0. The first-order valence-corrected chi connectivity index (χ1v) is 30.3. The molecule has 0 rings (SSSR count). The minimum Gasteiger partial charge on any atom is -0.462 e. The first-order chi connectivity index (χ1) is 34.5. The normalized spacial score (nSPS) is 12.4. The van der Waals surface area contributed by atoms with Crippen molar-refractivity contribution in [2.45, 2.75) is 316 Å². The zero-order valence-corrected chi connectivity index (χ0v) is 46.5. The Kier molecular flexibility index (Phi) is 56.3. The highest BCUT2D eigenvalue weighted by atomic mass is 16.6. The van der Waals surface area contributed by atoms with Gasteiger partial charge in [-0.05, 0) is 64.2 Å². The van der Waals surface area contributed by atoms with Crippen LogP contribution in [0.3, 0.4) is 0 Å². The van der Waals surface area contributed by atoms with Gasteiger partial charge < -0.3 is 14.2 Å². The predicted molar refractivity (Wildman–Crippen MR) is 302 cm³/mol. The van der Waals surface area contributed by atoms with Crippen molar-refractivity contribution in [1.29, 1.82) is 0 Å². The number of hydrogen-bond acceptors (Lipinski definition) is 6. The van der Waals surface area contributed by atoms with Crippen LogP contribution in [0.4, 0.5) is 0 Å². The molecule has 0 amide bonds. The quantitative estimate of drug-likeness (QED) is 0.0261. The standard InChI is InChI=1S/C64H114O6/c1-4-7-10-13-16-19-22-23-24-25-26-27-28-29-30-31-32-33-34-35-36-37-38-39-40-41-43-45-48-51-54-57-63(66)69-60-61(59-68-62(65)56-53-50-47-44-21-18-15-12-9-6-3)70-64(67)58-55-52-49-46-42-20-17-14-11-8-5-2/h7,10,16,19,23-24,26-27,29-30,61H,4-6,8-9,11-15,17-18,20-22,25,28,31-60H2,1-3H3/b10-7-,19-16-,24-23-,27-26-,30-29-. The van der Waals surface area contributed by atoms with E-state index in [9.17, 15) is 14.4 Å². The van der Waals surface area contributed by atoms with Crippen LogP contribution in [0.15, 0.2) is 60.8 Å². The Morgan fingerprint density at radius 2 is 0.557 bits per heavy atom. The average Bonchev–Trinajstić information content (AvgIpc) is 3.36. The summed E-state index contributed by atoms with van der Waals surface area (Å²) in [5.41, 5.74) is 0. The van der Waals surface area contributed by atoms with Crippen molar-refractivity contribution in [1.82, 2.24) is 0 Å². The summed E-state index contributed by atoms with van der Waals surface area (Å²) in [7, 11) is 0. The number of unbranched alkanes of at least 4 members (excludes halogenated alkanes) is 34. The van der Waals surface area contributed by atoms with Gasteiger partial charge in [0, 0.05) is 19.3 Å². The van der Waals surface area contributed by atoms with E-state index < -0.39 is 6.10 Å². The van der Waals surface area contributed by atoms with Crippen molar-refractivity contribution in [2.24, 2.45) is 0 Å². The maximum Gasteiger partial charge on any atom is 0.306 e. The molecule has 70 heavy (non-hydrogen) atoms. The van der Waals surface area contributed by atoms with Crippen LogP contribution in [0.25, 0.3) is 0 Å². The molecule has 0 aromatic carbocycles. The molecule has 0 spiro atoms. The average molecular weight is 980 g/mol. The molecule has 0 aliphatic heterocycles. The Hall–Kier alpha value is -2.89. The van der Waals surface area contributed by atoms with Crippen molar-refractivity contribution in [2.75, 3.05) is 13.2 Å². The largest absolute Gasteiger partial charge is 0.462 e. The Morgan fingerprint density at radius 1 is 0.300 bits per heavy atom. The van der Waals surface area contributed by atoms with Crippen molar-refractivity contribution >= 4 is 17.9 Å². The molecule has 6 heteroatoms. The molecule has 0 aromatic heterocycles. The molecule has 6 nitrogen and oxygen atoms in total. The Bertz CT molecular complexity index is 1260. The molecule has 0 N–H and O–H groups in total. The molecule has 0 saturated heterocycles. The van der Waals surface area contributed by atoms with Crippen LogP contribution in [0.2, 0.25) is 0 Å². The Balaban J connectivity index is 4.05. The van der Waals surface area contributed by atoms with Crippen molar-refractivity contribution < 1.29 is 28.6 Å². The zero-order chi connectivity index (χ0) is 50.7. The minimum absolute atomic E-state index is 0.0681. The van der Waals surface area contributed by atoms with E-state index in [1.165, 1.54) is 180 Å². The smallest absolute Gasteiger partial charge is 0.306 e. The molecule has 0 aromatic rings. The van der Waals surface area contributed by atoms with Gasteiger partial charge in [0.2, 0.25) is 0 Å². The lowest BCUT2D eigenvalue weighted by Gasteiger charge is -2.18. The highest BCUT2D eigenvalue weighted by molar-refractivity contribution is 5.71. The van der Waals surface area contributed by atoms with E-state index in [0.29, 0.717) is 19.3 Å². The highest BCUT2D eigenvalue weighted by Crippen LogP contribution is 2.17. The monoisotopic (exact) mass is 979 g/mol. The lowest BCUT2D eigenvalue weighted by molar-refractivity contribution is -0.167. The molecule has 0 aliphatic carbocycles. The third-order valence-electron chi connectivity index (χ3n) is 13.3. The van der Waals surface area contributed by atoms with Crippen LogP contribution in [-0.4, -0.2) is 37.2 Å². The van der Waals surface area contributed by atoms with Crippen LogP contribution in [0.5, 0.6) is 0 Å². The molecule has 0 heterocycles. The molecule has 1 unspecified atom stereocenters. The molecule has 0 saturated carbocycles. The number of hydrogen-bond donors (Lipinski definition) is 0. The number of esters is 3. The van der Waals surface area contributed by atoms with Crippen LogP contribution in [-0.2, 0) is 28.6 Å². The second-order valence-corrected chi connectivity index (χ2v) is 20.2. The van der Waals surface area contributed by atoms with Crippen LogP contribution in [0, 0.1) is 0 Å². The fourth-order valence-corrected chi connectivity index (χ4v) is 8.77. The Labute approximate surface area is 434 Å². The third-order valence-corrected chi connectivity index (χ3v) is 13.3. The Morgan fingerprint density at radius 3 is 0.871 bits per heavy atom. The summed E-state index contributed by atoms with van der Waals surface area (Å²) in [5.74, 6) is -0.856. The fraction of sp³-hybridized carbons (Fsp3) is 0.797. The number of carbonyl (C=O) groups is 3. The van der Waals surface area contributed by atoms with E-state index in [1.807, 2.05) is 0 Å². The topological polar surface area (TPSA) is 78.9 Å². The van der Waals surface area contributed by atoms with E-state index >= 15 is 0 Å². The summed E-state index contributed by atoms with van der Waals surface area (Å²) < 4.78 is 16.8. The number of rotatable bonds is 55. The van der Waals surface area contributed by atoms with Crippen LogP contribution in [0.1, 0.15) is 310 Å². The van der Waals surface area contributed by atoms with Crippen LogP contribution >= 0.6 is 0 Å². The lowest BCUT2D eigenvalue weighted by Crippen LogP contribution is -2.30. The maximum absolute atomic E-state index is 12.8. The fourth-order valence-electron chi connectivity index (χ4n) is 8.77. The molecule has 0 aliphatic rings. The van der Waals surface area contributed by atoms with Crippen molar-refractivity contribution in [3.8, 4) is 0 Å². The molecule has 0 fully saturated rings. The van der Waals surface area contributed by atoms with E-state index in [0.717, 1.165) is 89.9 Å². The van der Waals surface area contributed by atoms with Crippen molar-refractivity contribution in [3.05, 3.63) is 60.8 Å². The van der Waals surface area contributed by atoms with Gasteiger partial charge in [-0.3, -0.25) is 14.4 Å². The van der Waals surface area contributed by atoms with Gasteiger partial charge in [0.05, 0.1) is 0 Å². The first-order valence-electron chi connectivity index (χ1n) is 30.3. The summed E-state index contributed by atoms with van der Waals surface area (Å²) >= 11 is 0. The number of ether oxygens (including phenoxy) is 3. The van der Waals surface area contributed by atoms with Gasteiger partial charge in [-0.25, -0.2) is 0 Å². The van der Waals surface area contributed by atoms with Gasteiger partial charge >= 0.3 is 17.9 Å². The summed E-state index contributed by atoms with van der Waals surface area (Å²) in [6.45, 7) is 6.53.